The molecular formula is C87H89N3. The van der Waals surface area contributed by atoms with Crippen LogP contribution in [0.2, 0.25) is 0 Å². The monoisotopic (exact) mass is 1180 g/mol. The van der Waals surface area contributed by atoms with Crippen LogP contribution >= 0.6 is 0 Å². The number of rotatable bonds is 9. The molecule has 12 aromatic carbocycles. The lowest BCUT2D eigenvalue weighted by molar-refractivity contribution is 0.590. The topological polar surface area (TPSA) is 9.72 Å². The van der Waals surface area contributed by atoms with Crippen molar-refractivity contribution >= 4 is 81.7 Å². The highest BCUT2D eigenvalue weighted by atomic mass is 15.1. The van der Waals surface area contributed by atoms with Gasteiger partial charge >= 0.3 is 0 Å². The van der Waals surface area contributed by atoms with Crippen molar-refractivity contribution in [2.75, 3.05) is 54.0 Å². The summed E-state index contributed by atoms with van der Waals surface area (Å²) in [5.41, 5.74) is 16.2. The molecule has 0 aliphatic carbocycles. The van der Waals surface area contributed by atoms with Gasteiger partial charge in [0.1, 0.15) is 0 Å². The minimum absolute atomic E-state index is 0. The van der Waals surface area contributed by atoms with Gasteiger partial charge in [-0.1, -0.05) is 213 Å². The zero-order chi connectivity index (χ0) is 61.9. The van der Waals surface area contributed by atoms with Crippen LogP contribution in [0.4, 0.5) is 17.1 Å². The van der Waals surface area contributed by atoms with Crippen LogP contribution in [0.5, 0.6) is 0 Å². The summed E-state index contributed by atoms with van der Waals surface area (Å²) < 4.78 is 0. The summed E-state index contributed by atoms with van der Waals surface area (Å²) in [6, 6.07) is 65.4. The summed E-state index contributed by atoms with van der Waals surface area (Å²) in [6.45, 7) is 34.7. The highest BCUT2D eigenvalue weighted by Gasteiger charge is 2.23. The second kappa shape index (κ2) is 27.4. The van der Waals surface area contributed by atoms with E-state index in [1.165, 1.54) is 98.4 Å². The predicted octanol–water partition coefficient (Wildman–Crippen LogP) is 21.5. The molecule has 0 bridgehead atoms. The fraction of sp³-hybridized carbons (Fsp3) is 0.264. The molecule has 0 N–H and O–H groups in total. The van der Waals surface area contributed by atoms with Crippen molar-refractivity contribution in [3.8, 4) is 47.4 Å². The first-order valence-corrected chi connectivity index (χ1v) is 31.7. The molecule has 0 atom stereocenters. The second-order valence-electron chi connectivity index (χ2n) is 25.1. The van der Waals surface area contributed by atoms with Crippen molar-refractivity contribution in [3.63, 3.8) is 0 Å². The van der Waals surface area contributed by atoms with Crippen molar-refractivity contribution in [2.45, 2.75) is 116 Å². The molecule has 12 aromatic rings. The molecular weight excluding hydrogens is 1090 g/mol. The van der Waals surface area contributed by atoms with E-state index in [9.17, 15) is 0 Å². The molecule has 3 heteroatoms. The van der Waals surface area contributed by atoms with E-state index in [-0.39, 0.29) is 25.7 Å². The first-order valence-electron chi connectivity index (χ1n) is 31.7. The number of hydrogen-bond acceptors (Lipinski definition) is 3. The molecule has 0 heterocycles. The fourth-order valence-electron chi connectivity index (χ4n) is 12.7. The molecule has 0 aliphatic rings. The highest BCUT2D eigenvalue weighted by molar-refractivity contribution is 6.30. The Morgan fingerprint density at radius 1 is 0.278 bits per heavy atom. The van der Waals surface area contributed by atoms with Crippen LogP contribution in [-0.4, -0.2) is 39.3 Å². The maximum absolute atomic E-state index is 3.64. The van der Waals surface area contributed by atoms with Crippen molar-refractivity contribution in [3.05, 3.63) is 243 Å². The van der Waals surface area contributed by atoms with Gasteiger partial charge < -0.3 is 14.7 Å². The first kappa shape index (κ1) is 64.8. The maximum atomic E-state index is 3.64. The molecule has 0 saturated carbocycles. The molecule has 0 spiro atoms. The summed E-state index contributed by atoms with van der Waals surface area (Å²) in [7, 11) is 0. The third-order valence-corrected chi connectivity index (χ3v) is 17.7. The third-order valence-electron chi connectivity index (χ3n) is 17.7. The molecule has 0 amide bonds. The molecule has 0 saturated heterocycles. The van der Waals surface area contributed by atoms with Gasteiger partial charge in [-0.3, -0.25) is 0 Å². The highest BCUT2D eigenvalue weighted by Crippen LogP contribution is 2.46. The summed E-state index contributed by atoms with van der Waals surface area (Å²) in [5.74, 6) is 28.1. The number of anilines is 3. The molecule has 452 valence electrons. The Balaban J connectivity index is 0.000000216. The zero-order valence-electron chi connectivity index (χ0n) is 53.9. The minimum Gasteiger partial charge on any atom is -0.372 e. The van der Waals surface area contributed by atoms with Crippen molar-refractivity contribution in [1.29, 1.82) is 0 Å². The largest absolute Gasteiger partial charge is 0.372 e. The summed E-state index contributed by atoms with van der Waals surface area (Å²) in [6.07, 6.45) is 0. The fourth-order valence-corrected chi connectivity index (χ4v) is 12.7. The van der Waals surface area contributed by atoms with Gasteiger partial charge in [0.2, 0.25) is 0 Å². The lowest BCUT2D eigenvalue weighted by Gasteiger charge is -2.27. The van der Waals surface area contributed by atoms with E-state index in [4.69, 9.17) is 0 Å². The van der Waals surface area contributed by atoms with Crippen LogP contribution in [0.25, 0.3) is 64.6 Å². The number of benzene rings is 12. The van der Waals surface area contributed by atoms with Gasteiger partial charge in [-0.05, 0) is 181 Å². The Morgan fingerprint density at radius 2 is 0.522 bits per heavy atom. The smallest absolute Gasteiger partial charge is 0.0458 e. The molecule has 90 heavy (non-hydrogen) atoms. The zero-order valence-corrected chi connectivity index (χ0v) is 53.9. The summed E-state index contributed by atoms with van der Waals surface area (Å²) in [5, 5.41) is 15.0. The van der Waals surface area contributed by atoms with E-state index >= 15 is 0 Å². The Morgan fingerprint density at radius 3 is 0.800 bits per heavy atom. The lowest BCUT2D eigenvalue weighted by Crippen LogP contribution is -2.23. The SMILES string of the molecule is C.C.CCN(CC)c1cc(C#Cc2ccc(C(C)(C)C)cc2)c2ccc3c(C#Cc4ccc(C(C)(C)C)cc4)cc(N(CC)CC)c4ccc1c2c34.CCN(CC)c1cc(C#Cc2ccccc2)c2ccc3c(C#Cc4ccccc4)cc(C)c4ccc1c2c43. The second-order valence-corrected chi connectivity index (χ2v) is 25.1. The predicted molar refractivity (Wildman–Crippen MR) is 396 cm³/mol. The van der Waals surface area contributed by atoms with Crippen molar-refractivity contribution in [1.82, 2.24) is 0 Å². The van der Waals surface area contributed by atoms with Gasteiger partial charge in [0.05, 0.1) is 0 Å². The first-order chi connectivity index (χ1) is 42.5. The van der Waals surface area contributed by atoms with E-state index in [1.54, 1.807) is 0 Å². The number of nitrogens with zero attached hydrogens (tertiary/aromatic N) is 3. The van der Waals surface area contributed by atoms with Crippen molar-refractivity contribution in [2.24, 2.45) is 0 Å². The number of hydrogen-bond donors (Lipinski definition) is 0. The normalized spacial score (nSPS) is 11.1. The molecule has 0 unspecified atom stereocenters. The van der Waals surface area contributed by atoms with Crippen molar-refractivity contribution < 1.29 is 0 Å². The summed E-state index contributed by atoms with van der Waals surface area (Å²) >= 11 is 0. The van der Waals surface area contributed by atoms with E-state index in [0.717, 1.165) is 83.8 Å². The van der Waals surface area contributed by atoms with Crippen LogP contribution < -0.4 is 14.7 Å². The van der Waals surface area contributed by atoms with Gasteiger partial charge in [-0.2, -0.15) is 0 Å². The molecule has 12 rings (SSSR count). The molecule has 0 aliphatic heterocycles. The summed E-state index contributed by atoms with van der Waals surface area (Å²) in [4.78, 5) is 7.35. The average molecular weight is 1180 g/mol. The van der Waals surface area contributed by atoms with Crippen LogP contribution in [0.3, 0.4) is 0 Å². The van der Waals surface area contributed by atoms with Gasteiger partial charge in [-0.25, -0.2) is 0 Å². The van der Waals surface area contributed by atoms with E-state index in [2.05, 4.69) is 298 Å². The van der Waals surface area contributed by atoms with Gasteiger partial charge in [0, 0.05) is 133 Å². The van der Waals surface area contributed by atoms with E-state index in [0.29, 0.717) is 0 Å². The Hall–Kier alpha value is -9.64. The standard InChI is InChI=1S/C48H52N2.C37H29N.2CH4/c1-11-49(12-2)43-31-35(21-15-33-17-23-37(24-18-33)47(5,6)7)39-27-28-40-36(22-16-34-19-25-38(26-20-34)48(8,9)10)32-44(50(13-3)14-4)42-30-29-41(43)45(39)46(40)42;1-4-38(5-2)35-25-30(19-17-28-14-10-7-11-15-28)33-22-21-32-29(18-16-27-12-8-6-9-13-27)24-26(3)31-20-23-34(35)37(33)36(31)32;;/h17-20,23-32H,11-14H2,1-10H3;6-15,20-25H,4-5H2,1-3H3;2*1H4. The van der Waals surface area contributed by atoms with Gasteiger partial charge in [0.25, 0.3) is 0 Å². The van der Waals surface area contributed by atoms with Crippen LogP contribution in [-0.2, 0) is 10.8 Å². The van der Waals surface area contributed by atoms with Gasteiger partial charge in [-0.15, -0.1) is 0 Å². The van der Waals surface area contributed by atoms with E-state index in [1.807, 2.05) is 36.4 Å². The molecule has 3 nitrogen and oxygen atoms in total. The van der Waals surface area contributed by atoms with Crippen LogP contribution in [0, 0.1) is 54.3 Å². The van der Waals surface area contributed by atoms with Crippen LogP contribution in [0.1, 0.15) is 159 Å². The quantitative estimate of drug-likeness (QED) is 0.105. The van der Waals surface area contributed by atoms with E-state index < -0.39 is 0 Å². The third kappa shape index (κ3) is 12.9. The lowest BCUT2D eigenvalue weighted by atomic mass is 9.86. The Kier molecular flexibility index (Phi) is 19.7. The molecule has 0 fully saturated rings. The van der Waals surface area contributed by atoms with Crippen LogP contribution in [0.15, 0.2) is 182 Å². The molecule has 0 aromatic heterocycles. The Labute approximate surface area is 538 Å². The molecule has 0 radical (unpaired) electrons. The van der Waals surface area contributed by atoms with Gasteiger partial charge in [0.15, 0.2) is 0 Å². The minimum atomic E-state index is 0. The number of aryl methyl sites for hydroxylation is 1. The average Bonchev–Trinajstić information content (AvgIpc) is 0.727. The Bertz CT molecular complexity index is 4600. The maximum Gasteiger partial charge on any atom is 0.0458 e.